The zero-order chi connectivity index (χ0) is 14.3. The third kappa shape index (κ3) is 2.79. The number of sulfonamides is 1. The van der Waals surface area contributed by atoms with Crippen molar-refractivity contribution in [1.82, 2.24) is 4.31 Å². The van der Waals surface area contributed by atoms with Crippen molar-refractivity contribution in [3.8, 4) is 0 Å². The van der Waals surface area contributed by atoms with Crippen LogP contribution in [0.4, 0.5) is 0 Å². The van der Waals surface area contributed by atoms with Gasteiger partial charge in [-0.3, -0.25) is 0 Å². The molecule has 0 unspecified atom stereocenters. The molecule has 0 aromatic heterocycles. The Kier molecular flexibility index (Phi) is 3.93. The molecule has 0 radical (unpaired) electrons. The highest BCUT2D eigenvalue weighted by Crippen LogP contribution is 2.42. The van der Waals surface area contributed by atoms with Crippen molar-refractivity contribution in [2.75, 3.05) is 18.8 Å². The van der Waals surface area contributed by atoms with Gasteiger partial charge in [0.1, 0.15) is 0 Å². The smallest absolute Gasteiger partial charge is 0.211 e. The largest absolute Gasteiger partial charge is 0.240 e. The molecule has 0 fully saturated rings. The maximum Gasteiger partial charge on any atom is 0.240 e. The van der Waals surface area contributed by atoms with Gasteiger partial charge in [-0.1, -0.05) is 20.8 Å². The first-order valence-electron chi connectivity index (χ1n) is 6.19. The number of hydrogen-bond acceptors (Lipinski definition) is 5. The summed E-state index contributed by atoms with van der Waals surface area (Å²) in [6, 6.07) is -0.371. The van der Waals surface area contributed by atoms with Crippen molar-refractivity contribution in [1.29, 1.82) is 0 Å². The van der Waals surface area contributed by atoms with E-state index < -0.39 is 10.0 Å². The molecular weight excluding hydrogens is 284 g/mol. The van der Waals surface area contributed by atoms with Gasteiger partial charge in [0.2, 0.25) is 16.1 Å². The van der Waals surface area contributed by atoms with E-state index in [0.29, 0.717) is 17.9 Å². The number of isocyanates is 1. The molecule has 0 saturated heterocycles. The molecule has 1 atom stereocenters. The van der Waals surface area contributed by atoms with Gasteiger partial charge in [-0.2, -0.15) is 4.31 Å². The van der Waals surface area contributed by atoms with Gasteiger partial charge in [0.15, 0.2) is 0 Å². The second kappa shape index (κ2) is 5.05. The predicted molar refractivity (Wildman–Crippen MR) is 76.0 cm³/mol. The summed E-state index contributed by atoms with van der Waals surface area (Å²) in [5, 5.41) is 0. The van der Waals surface area contributed by atoms with E-state index in [9.17, 15) is 13.2 Å². The van der Waals surface area contributed by atoms with Crippen LogP contribution in [0.3, 0.4) is 0 Å². The van der Waals surface area contributed by atoms with Crippen LogP contribution in [-0.4, -0.2) is 43.7 Å². The highest BCUT2D eigenvalue weighted by molar-refractivity contribution is 8.05. The zero-order valence-electron chi connectivity index (χ0n) is 11.3. The fourth-order valence-corrected chi connectivity index (χ4v) is 5.65. The van der Waals surface area contributed by atoms with Crippen molar-refractivity contribution in [3.05, 3.63) is 9.81 Å². The quantitative estimate of drug-likeness (QED) is 0.588. The minimum atomic E-state index is -3.34. The summed E-state index contributed by atoms with van der Waals surface area (Å²) in [6.07, 6.45) is 2.18. The lowest BCUT2D eigenvalue weighted by molar-refractivity contribution is 0.275. The Morgan fingerprint density at radius 1 is 1.47 bits per heavy atom. The van der Waals surface area contributed by atoms with Crippen molar-refractivity contribution in [2.24, 2.45) is 10.4 Å². The Labute approximate surface area is 118 Å². The van der Waals surface area contributed by atoms with E-state index in [2.05, 4.69) is 4.99 Å². The Morgan fingerprint density at radius 3 is 2.68 bits per heavy atom. The third-order valence-electron chi connectivity index (χ3n) is 3.47. The molecule has 0 aromatic carbocycles. The fourth-order valence-electron chi connectivity index (χ4n) is 2.22. The Morgan fingerprint density at radius 2 is 2.16 bits per heavy atom. The average Bonchev–Trinajstić information content (AvgIpc) is 2.81. The summed E-state index contributed by atoms with van der Waals surface area (Å²) >= 11 is 1.62. The van der Waals surface area contributed by atoms with Gasteiger partial charge in [-0.25, -0.2) is 18.2 Å². The van der Waals surface area contributed by atoms with E-state index in [1.54, 1.807) is 17.8 Å². The van der Waals surface area contributed by atoms with E-state index in [-0.39, 0.29) is 18.0 Å². The first-order chi connectivity index (χ1) is 8.76. The number of allylic oxidation sites excluding steroid dienone is 1. The average molecular weight is 302 g/mol. The van der Waals surface area contributed by atoms with Crippen molar-refractivity contribution < 1.29 is 13.2 Å². The van der Waals surface area contributed by atoms with Crippen LogP contribution in [0.2, 0.25) is 0 Å². The third-order valence-corrected chi connectivity index (χ3v) is 6.77. The lowest BCUT2D eigenvalue weighted by atomic mass is 9.87. The molecule has 7 heteroatoms. The van der Waals surface area contributed by atoms with Crippen molar-refractivity contribution in [2.45, 2.75) is 33.2 Å². The van der Waals surface area contributed by atoms with Crippen LogP contribution >= 0.6 is 11.8 Å². The molecule has 2 rings (SSSR count). The first kappa shape index (κ1) is 14.8. The fraction of sp³-hybridized carbons (Fsp3) is 0.750. The molecule has 2 aliphatic rings. The van der Waals surface area contributed by atoms with Gasteiger partial charge in [0.05, 0.1) is 10.9 Å². The molecule has 0 aliphatic carbocycles. The summed E-state index contributed by atoms with van der Waals surface area (Å²) < 4.78 is 26.2. The van der Waals surface area contributed by atoms with E-state index in [0.717, 1.165) is 10.7 Å². The van der Waals surface area contributed by atoms with E-state index in [1.165, 1.54) is 4.31 Å². The van der Waals surface area contributed by atoms with Gasteiger partial charge >= 0.3 is 0 Å². The van der Waals surface area contributed by atoms with Crippen LogP contribution in [0.1, 0.15) is 27.2 Å². The van der Waals surface area contributed by atoms with E-state index >= 15 is 0 Å². The minimum Gasteiger partial charge on any atom is -0.211 e. The van der Waals surface area contributed by atoms with Crippen LogP contribution in [0.25, 0.3) is 0 Å². The lowest BCUT2D eigenvalue weighted by Crippen LogP contribution is -2.40. The SMILES string of the molecule is CC(C)(C)[C@@H](CN1CC2=C(CCS2)S1(=O)=O)N=C=O. The van der Waals surface area contributed by atoms with E-state index in [4.69, 9.17) is 0 Å². The van der Waals surface area contributed by atoms with Gasteiger partial charge in [0.25, 0.3) is 0 Å². The number of aliphatic imine (C=N–C) groups is 1. The highest BCUT2D eigenvalue weighted by atomic mass is 32.2. The normalized spacial score (nSPS) is 24.2. The molecule has 0 bridgehead atoms. The standard InChI is InChI=1S/C12H18N2O3S2/c1-12(2,3)11(13-8-15)7-14-6-9-10(4-5-18-9)19(14,16)17/h11H,4-7H2,1-3H3/t11-/m1/s1. The van der Waals surface area contributed by atoms with Crippen LogP contribution < -0.4 is 0 Å². The van der Waals surface area contributed by atoms with Gasteiger partial charge in [0, 0.05) is 23.7 Å². The Bertz CT molecular complexity index is 554. The summed E-state index contributed by atoms with van der Waals surface area (Å²) in [5.41, 5.74) is -0.271. The van der Waals surface area contributed by atoms with Crippen LogP contribution in [0.15, 0.2) is 14.8 Å². The monoisotopic (exact) mass is 302 g/mol. The van der Waals surface area contributed by atoms with Crippen molar-refractivity contribution in [3.63, 3.8) is 0 Å². The van der Waals surface area contributed by atoms with Crippen LogP contribution in [0.5, 0.6) is 0 Å². The van der Waals surface area contributed by atoms with Crippen LogP contribution in [0, 0.1) is 5.41 Å². The predicted octanol–water partition coefficient (Wildman–Crippen LogP) is 1.73. The molecule has 0 N–H and O–H groups in total. The summed E-state index contributed by atoms with van der Waals surface area (Å²) in [6.45, 7) is 6.50. The minimum absolute atomic E-state index is 0.245. The molecule has 19 heavy (non-hydrogen) atoms. The summed E-state index contributed by atoms with van der Waals surface area (Å²) in [5.74, 6) is 0.854. The Balaban J connectivity index is 2.19. The molecule has 2 heterocycles. The Hall–Kier alpha value is -0.620. The first-order valence-corrected chi connectivity index (χ1v) is 8.61. The van der Waals surface area contributed by atoms with Crippen molar-refractivity contribution >= 4 is 27.9 Å². The molecule has 5 nitrogen and oxygen atoms in total. The van der Waals surface area contributed by atoms with Gasteiger partial charge in [-0.05, 0) is 11.8 Å². The topological polar surface area (TPSA) is 66.8 Å². The molecule has 0 aromatic rings. The summed E-state index contributed by atoms with van der Waals surface area (Å²) in [7, 11) is -3.34. The van der Waals surface area contributed by atoms with Gasteiger partial charge < -0.3 is 0 Å². The molecule has 0 saturated carbocycles. The maximum absolute atomic E-state index is 12.4. The number of thioether (sulfide) groups is 1. The van der Waals surface area contributed by atoms with Gasteiger partial charge in [-0.15, -0.1) is 11.8 Å². The second-order valence-corrected chi connectivity index (χ2v) is 8.99. The summed E-state index contributed by atoms with van der Waals surface area (Å²) in [4.78, 5) is 15.8. The zero-order valence-corrected chi connectivity index (χ0v) is 13.0. The number of rotatable bonds is 3. The molecular formula is C12H18N2O3S2. The van der Waals surface area contributed by atoms with Crippen LogP contribution in [-0.2, 0) is 14.8 Å². The lowest BCUT2D eigenvalue weighted by Gasteiger charge is -2.29. The number of nitrogens with zero attached hydrogens (tertiary/aromatic N) is 2. The molecule has 106 valence electrons. The molecule has 2 aliphatic heterocycles. The maximum atomic E-state index is 12.4. The molecule has 0 spiro atoms. The van der Waals surface area contributed by atoms with E-state index in [1.807, 2.05) is 20.8 Å². The highest BCUT2D eigenvalue weighted by Gasteiger charge is 2.41. The number of carbonyl (C=O) groups excluding carboxylic acids is 1. The second-order valence-electron chi connectivity index (χ2n) is 5.84. The number of hydrogen-bond donors (Lipinski definition) is 0. The molecule has 0 amide bonds.